The molecule has 0 saturated heterocycles. The van der Waals surface area contributed by atoms with Crippen LogP contribution in [0, 0.1) is 16.0 Å². The molecule has 116 valence electrons. The van der Waals surface area contributed by atoms with E-state index in [1.165, 1.54) is 6.07 Å². The summed E-state index contributed by atoms with van der Waals surface area (Å²) in [5.41, 5.74) is -0.178. The molecule has 1 aromatic rings. The maximum atomic E-state index is 12.8. The third kappa shape index (κ3) is 2.90. The van der Waals surface area contributed by atoms with Crippen LogP contribution in [0.2, 0.25) is 0 Å². The Labute approximate surface area is 127 Å². The van der Waals surface area contributed by atoms with Crippen molar-refractivity contribution < 1.29 is 13.3 Å². The van der Waals surface area contributed by atoms with Gasteiger partial charge in [0.15, 0.2) is 5.00 Å². The zero-order valence-corrected chi connectivity index (χ0v) is 13.2. The fourth-order valence-corrected chi connectivity index (χ4v) is 5.45. The molecule has 2 fully saturated rings. The lowest BCUT2D eigenvalue weighted by Crippen LogP contribution is -2.34. The van der Waals surface area contributed by atoms with Gasteiger partial charge < -0.3 is 5.32 Å². The van der Waals surface area contributed by atoms with Gasteiger partial charge in [0, 0.05) is 25.7 Å². The third-order valence-corrected chi connectivity index (χ3v) is 7.28. The van der Waals surface area contributed by atoms with Crippen LogP contribution in [0.25, 0.3) is 0 Å². The first kappa shape index (κ1) is 14.7. The number of hydrogen-bond donors (Lipinski definition) is 1. The van der Waals surface area contributed by atoms with E-state index in [9.17, 15) is 18.5 Å². The van der Waals surface area contributed by atoms with Crippen molar-refractivity contribution in [2.45, 2.75) is 35.9 Å². The zero-order valence-electron chi connectivity index (χ0n) is 11.6. The van der Waals surface area contributed by atoms with Gasteiger partial charge in [-0.3, -0.25) is 10.1 Å². The summed E-state index contributed by atoms with van der Waals surface area (Å²) in [6, 6.07) is 1.25. The third-order valence-electron chi connectivity index (χ3n) is 3.77. The Kier molecular flexibility index (Phi) is 3.66. The molecule has 2 saturated carbocycles. The molecular formula is C12H17N3O4S2. The molecule has 0 spiro atoms. The topological polar surface area (TPSA) is 92.6 Å². The van der Waals surface area contributed by atoms with Crippen molar-refractivity contribution in [2.75, 3.05) is 18.9 Å². The average Bonchev–Trinajstić information content (AvgIpc) is 3.33. The molecule has 0 unspecified atom stereocenters. The molecule has 2 aliphatic carbocycles. The van der Waals surface area contributed by atoms with Crippen molar-refractivity contribution in [3.8, 4) is 0 Å². The second kappa shape index (κ2) is 5.22. The van der Waals surface area contributed by atoms with Gasteiger partial charge in [0.2, 0.25) is 0 Å². The van der Waals surface area contributed by atoms with Crippen molar-refractivity contribution in [2.24, 2.45) is 5.92 Å². The highest BCUT2D eigenvalue weighted by molar-refractivity contribution is 7.91. The van der Waals surface area contributed by atoms with Crippen LogP contribution in [0.1, 0.15) is 25.7 Å². The van der Waals surface area contributed by atoms with E-state index in [0.29, 0.717) is 12.5 Å². The molecular weight excluding hydrogens is 314 g/mol. The van der Waals surface area contributed by atoms with E-state index >= 15 is 0 Å². The van der Waals surface area contributed by atoms with E-state index in [0.717, 1.165) is 37.0 Å². The Balaban J connectivity index is 1.94. The molecule has 0 radical (unpaired) electrons. The number of nitrogens with zero attached hydrogens (tertiary/aromatic N) is 2. The molecule has 0 bridgehead atoms. The number of nitro groups is 1. The molecule has 9 heteroatoms. The first-order valence-electron chi connectivity index (χ1n) is 6.91. The number of sulfonamides is 1. The molecule has 0 atom stereocenters. The molecule has 21 heavy (non-hydrogen) atoms. The summed E-state index contributed by atoms with van der Waals surface area (Å²) >= 11 is 0.933. The lowest BCUT2D eigenvalue weighted by atomic mass is 10.4. The first-order chi connectivity index (χ1) is 9.93. The smallest absolute Gasteiger partial charge is 0.304 e. The van der Waals surface area contributed by atoms with Gasteiger partial charge >= 0.3 is 5.69 Å². The van der Waals surface area contributed by atoms with Crippen LogP contribution in [0.5, 0.6) is 0 Å². The SMILES string of the molecule is CNc1sc(S(=O)(=O)N(CC2CC2)C2CC2)cc1[N+](=O)[O-]. The Morgan fingerprint density at radius 1 is 1.43 bits per heavy atom. The van der Waals surface area contributed by atoms with Crippen LogP contribution >= 0.6 is 11.3 Å². The number of rotatable bonds is 7. The van der Waals surface area contributed by atoms with Crippen LogP contribution < -0.4 is 5.32 Å². The Morgan fingerprint density at radius 2 is 2.10 bits per heavy atom. The normalized spacial score (nSPS) is 19.0. The van der Waals surface area contributed by atoms with E-state index in [1.807, 2.05) is 0 Å². The number of anilines is 1. The standard InChI is InChI=1S/C12H17N3O4S2/c1-13-12-10(15(16)17)6-11(20-12)21(18,19)14(9-4-5-9)7-8-2-3-8/h6,8-9,13H,2-5,7H2,1H3. The number of hydrogen-bond acceptors (Lipinski definition) is 6. The summed E-state index contributed by atoms with van der Waals surface area (Å²) in [7, 11) is -2.08. The van der Waals surface area contributed by atoms with Crippen molar-refractivity contribution in [3.05, 3.63) is 16.2 Å². The van der Waals surface area contributed by atoms with Crippen LogP contribution in [-0.2, 0) is 10.0 Å². The van der Waals surface area contributed by atoms with Gasteiger partial charge in [0.05, 0.1) is 4.92 Å². The van der Waals surface area contributed by atoms with Gasteiger partial charge in [-0.2, -0.15) is 4.31 Å². The molecule has 2 aliphatic rings. The second-order valence-electron chi connectivity index (χ2n) is 5.54. The van der Waals surface area contributed by atoms with Crippen molar-refractivity contribution in [1.29, 1.82) is 0 Å². The van der Waals surface area contributed by atoms with E-state index in [-0.39, 0.29) is 20.9 Å². The number of nitrogens with one attached hydrogen (secondary N) is 1. The van der Waals surface area contributed by atoms with Gasteiger partial charge in [0.25, 0.3) is 10.0 Å². The minimum atomic E-state index is -3.63. The molecule has 7 nitrogen and oxygen atoms in total. The quantitative estimate of drug-likeness (QED) is 0.611. The maximum Gasteiger partial charge on any atom is 0.304 e. The molecule has 0 amide bonds. The van der Waals surface area contributed by atoms with Crippen LogP contribution in [-0.4, -0.2) is 37.3 Å². The molecule has 3 rings (SSSR count). The minimum absolute atomic E-state index is 0.0612. The highest BCUT2D eigenvalue weighted by Crippen LogP contribution is 2.42. The van der Waals surface area contributed by atoms with Crippen LogP contribution in [0.15, 0.2) is 10.3 Å². The summed E-state index contributed by atoms with van der Waals surface area (Å²) in [5.74, 6) is 0.457. The molecule has 1 N–H and O–H groups in total. The fourth-order valence-electron chi connectivity index (χ4n) is 2.28. The lowest BCUT2D eigenvalue weighted by Gasteiger charge is -2.20. The average molecular weight is 331 g/mol. The minimum Gasteiger partial charge on any atom is -0.374 e. The number of thiophene rings is 1. The van der Waals surface area contributed by atoms with Gasteiger partial charge in [-0.05, 0) is 31.6 Å². The van der Waals surface area contributed by atoms with E-state index in [1.54, 1.807) is 11.4 Å². The van der Waals surface area contributed by atoms with Gasteiger partial charge in [-0.15, -0.1) is 0 Å². The predicted molar refractivity (Wildman–Crippen MR) is 80.2 cm³/mol. The summed E-state index contributed by atoms with van der Waals surface area (Å²) in [5, 5.41) is 14.0. The monoisotopic (exact) mass is 331 g/mol. The van der Waals surface area contributed by atoms with E-state index < -0.39 is 14.9 Å². The predicted octanol–water partition coefficient (Wildman–Crippen LogP) is 2.26. The van der Waals surface area contributed by atoms with Gasteiger partial charge in [-0.25, -0.2) is 8.42 Å². The zero-order chi connectivity index (χ0) is 15.2. The van der Waals surface area contributed by atoms with Gasteiger partial charge in [-0.1, -0.05) is 11.3 Å². The molecule has 0 aromatic carbocycles. The lowest BCUT2D eigenvalue weighted by molar-refractivity contribution is -0.383. The Morgan fingerprint density at radius 3 is 2.52 bits per heavy atom. The Bertz CT molecular complexity index is 662. The fraction of sp³-hybridized carbons (Fsp3) is 0.667. The summed E-state index contributed by atoms with van der Waals surface area (Å²) in [6.07, 6.45) is 3.92. The van der Waals surface area contributed by atoms with Crippen LogP contribution in [0.3, 0.4) is 0 Å². The highest BCUT2D eigenvalue weighted by atomic mass is 32.2. The highest BCUT2D eigenvalue weighted by Gasteiger charge is 2.42. The molecule has 1 heterocycles. The van der Waals surface area contributed by atoms with E-state index in [2.05, 4.69) is 5.32 Å². The Hall–Kier alpha value is -1.19. The van der Waals surface area contributed by atoms with E-state index in [4.69, 9.17) is 0 Å². The maximum absolute atomic E-state index is 12.8. The second-order valence-corrected chi connectivity index (χ2v) is 8.71. The molecule has 0 aliphatic heterocycles. The van der Waals surface area contributed by atoms with Crippen molar-refractivity contribution in [3.63, 3.8) is 0 Å². The summed E-state index contributed by atoms with van der Waals surface area (Å²) in [6.45, 7) is 0.549. The molecule has 1 aromatic heterocycles. The van der Waals surface area contributed by atoms with Crippen molar-refractivity contribution in [1.82, 2.24) is 4.31 Å². The first-order valence-corrected chi connectivity index (χ1v) is 9.17. The largest absolute Gasteiger partial charge is 0.374 e. The summed E-state index contributed by atoms with van der Waals surface area (Å²) in [4.78, 5) is 10.4. The summed E-state index contributed by atoms with van der Waals surface area (Å²) < 4.78 is 27.2. The van der Waals surface area contributed by atoms with Crippen molar-refractivity contribution >= 4 is 32.0 Å². The van der Waals surface area contributed by atoms with Gasteiger partial charge in [0.1, 0.15) is 4.21 Å². The van der Waals surface area contributed by atoms with Crippen LogP contribution in [0.4, 0.5) is 10.7 Å².